The third-order valence-electron chi connectivity index (χ3n) is 2.42. The van der Waals surface area contributed by atoms with Crippen molar-refractivity contribution in [2.75, 3.05) is 20.8 Å². The second-order valence-corrected chi connectivity index (χ2v) is 3.45. The Balaban J connectivity index is 0.00000144. The van der Waals surface area contributed by atoms with Crippen LogP contribution in [0.15, 0.2) is 12.1 Å². The van der Waals surface area contributed by atoms with Gasteiger partial charge in [-0.1, -0.05) is 0 Å². The number of fused-ring (bicyclic) bond motifs is 1. The van der Waals surface area contributed by atoms with E-state index in [1.807, 2.05) is 12.1 Å². The number of H-pyrrole nitrogens is 1. The number of hydrogen-bond acceptors (Lipinski definition) is 4. The summed E-state index contributed by atoms with van der Waals surface area (Å²) in [7, 11) is 3.22. The van der Waals surface area contributed by atoms with Crippen LogP contribution >= 0.6 is 24.8 Å². The van der Waals surface area contributed by atoms with E-state index in [1.165, 1.54) is 0 Å². The summed E-state index contributed by atoms with van der Waals surface area (Å²) in [5.41, 5.74) is 7.28. The lowest BCUT2D eigenvalue weighted by molar-refractivity contribution is 0.356. The van der Waals surface area contributed by atoms with Crippen LogP contribution in [-0.4, -0.2) is 30.7 Å². The van der Waals surface area contributed by atoms with Crippen molar-refractivity contribution in [3.8, 4) is 11.5 Å². The van der Waals surface area contributed by atoms with Gasteiger partial charge in [-0.3, -0.25) is 0 Å². The van der Waals surface area contributed by atoms with E-state index in [4.69, 9.17) is 15.2 Å². The zero-order chi connectivity index (χ0) is 11.5. The summed E-state index contributed by atoms with van der Waals surface area (Å²) >= 11 is 0. The minimum Gasteiger partial charge on any atom is -0.493 e. The summed E-state index contributed by atoms with van der Waals surface area (Å²) in [5, 5.41) is 0. The number of imidazole rings is 1. The Bertz CT molecular complexity index is 461. The number of rotatable bonds is 4. The van der Waals surface area contributed by atoms with Gasteiger partial charge in [0.1, 0.15) is 5.82 Å². The van der Waals surface area contributed by atoms with Crippen LogP contribution in [0.25, 0.3) is 11.0 Å². The number of halogens is 2. The molecule has 0 saturated heterocycles. The van der Waals surface area contributed by atoms with Gasteiger partial charge >= 0.3 is 0 Å². The van der Waals surface area contributed by atoms with Gasteiger partial charge in [-0.15, -0.1) is 24.8 Å². The predicted molar refractivity (Wildman–Crippen MR) is 76.5 cm³/mol. The topological polar surface area (TPSA) is 73.2 Å². The predicted octanol–water partition coefficient (Wildman–Crippen LogP) is 1.92. The van der Waals surface area contributed by atoms with E-state index in [0.717, 1.165) is 23.3 Å². The Kier molecular flexibility index (Phi) is 6.83. The minimum absolute atomic E-state index is 0. The summed E-state index contributed by atoms with van der Waals surface area (Å²) in [6, 6.07) is 3.73. The Labute approximate surface area is 118 Å². The zero-order valence-corrected chi connectivity index (χ0v) is 11.9. The highest BCUT2D eigenvalue weighted by atomic mass is 35.5. The molecular formula is C11H17Cl2N3O2. The van der Waals surface area contributed by atoms with E-state index in [9.17, 15) is 0 Å². The van der Waals surface area contributed by atoms with Crippen LogP contribution in [0.5, 0.6) is 11.5 Å². The van der Waals surface area contributed by atoms with Crippen LogP contribution < -0.4 is 15.2 Å². The molecule has 0 unspecified atom stereocenters. The van der Waals surface area contributed by atoms with Gasteiger partial charge in [-0.2, -0.15) is 0 Å². The fraction of sp³-hybridized carbons (Fsp3) is 0.364. The molecule has 1 aromatic carbocycles. The van der Waals surface area contributed by atoms with E-state index in [1.54, 1.807) is 14.2 Å². The highest BCUT2D eigenvalue weighted by molar-refractivity contribution is 5.85. The summed E-state index contributed by atoms with van der Waals surface area (Å²) in [6.45, 7) is 0.577. The number of benzene rings is 1. The van der Waals surface area contributed by atoms with Gasteiger partial charge in [-0.25, -0.2) is 4.98 Å². The van der Waals surface area contributed by atoms with E-state index >= 15 is 0 Å². The zero-order valence-electron chi connectivity index (χ0n) is 10.2. The van der Waals surface area contributed by atoms with Crippen LogP contribution in [0.1, 0.15) is 5.82 Å². The SMILES string of the molecule is COc1cc2nc(CCN)[nH]c2cc1OC.Cl.Cl. The van der Waals surface area contributed by atoms with Gasteiger partial charge in [0, 0.05) is 18.6 Å². The molecule has 1 aromatic heterocycles. The normalized spacial score (nSPS) is 9.50. The van der Waals surface area contributed by atoms with Crippen molar-refractivity contribution in [2.45, 2.75) is 6.42 Å². The van der Waals surface area contributed by atoms with Crippen LogP contribution in [-0.2, 0) is 6.42 Å². The second kappa shape index (κ2) is 7.31. The molecule has 0 aliphatic heterocycles. The Hall–Kier alpha value is -1.17. The smallest absolute Gasteiger partial charge is 0.163 e. The molecule has 102 valence electrons. The van der Waals surface area contributed by atoms with Gasteiger partial charge in [0.15, 0.2) is 11.5 Å². The molecule has 0 atom stereocenters. The number of hydrogen-bond donors (Lipinski definition) is 2. The molecule has 0 fully saturated rings. The number of nitrogens with two attached hydrogens (primary N) is 1. The van der Waals surface area contributed by atoms with Gasteiger partial charge in [0.05, 0.1) is 25.3 Å². The van der Waals surface area contributed by atoms with Crippen molar-refractivity contribution in [3.05, 3.63) is 18.0 Å². The molecule has 7 heteroatoms. The molecule has 2 rings (SSSR count). The molecule has 5 nitrogen and oxygen atoms in total. The molecule has 1 heterocycles. The molecule has 0 saturated carbocycles. The Morgan fingerprint density at radius 2 is 1.78 bits per heavy atom. The van der Waals surface area contributed by atoms with E-state index in [2.05, 4.69) is 9.97 Å². The number of methoxy groups -OCH3 is 2. The van der Waals surface area contributed by atoms with Crippen molar-refractivity contribution < 1.29 is 9.47 Å². The fourth-order valence-corrected chi connectivity index (χ4v) is 1.64. The monoisotopic (exact) mass is 293 g/mol. The molecule has 0 bridgehead atoms. The summed E-state index contributed by atoms with van der Waals surface area (Å²) < 4.78 is 10.4. The summed E-state index contributed by atoms with van der Waals surface area (Å²) in [6.07, 6.45) is 0.735. The molecule has 0 aliphatic carbocycles. The Morgan fingerprint density at radius 1 is 1.17 bits per heavy atom. The maximum absolute atomic E-state index is 5.49. The van der Waals surface area contributed by atoms with Crippen molar-refractivity contribution in [2.24, 2.45) is 5.73 Å². The summed E-state index contributed by atoms with van der Waals surface area (Å²) in [5.74, 6) is 2.26. The maximum atomic E-state index is 5.49. The van der Waals surface area contributed by atoms with Crippen molar-refractivity contribution in [3.63, 3.8) is 0 Å². The molecule has 0 aliphatic rings. The van der Waals surface area contributed by atoms with Crippen molar-refractivity contribution in [1.29, 1.82) is 0 Å². The average Bonchev–Trinajstić information content (AvgIpc) is 2.68. The molecule has 3 N–H and O–H groups in total. The number of aromatic nitrogens is 2. The first-order chi connectivity index (χ1) is 7.78. The third kappa shape index (κ3) is 3.19. The standard InChI is InChI=1S/C11H15N3O2.2ClH/c1-15-9-5-7-8(6-10(9)16-2)14-11(13-7)3-4-12;;/h5-6H,3-4,12H2,1-2H3,(H,13,14);2*1H. The Morgan fingerprint density at radius 3 is 2.33 bits per heavy atom. The first kappa shape index (κ1) is 16.8. The van der Waals surface area contributed by atoms with Gasteiger partial charge in [0.2, 0.25) is 0 Å². The lowest BCUT2D eigenvalue weighted by atomic mass is 10.3. The minimum atomic E-state index is 0. The van der Waals surface area contributed by atoms with E-state index in [0.29, 0.717) is 18.0 Å². The van der Waals surface area contributed by atoms with Gasteiger partial charge in [0.25, 0.3) is 0 Å². The van der Waals surface area contributed by atoms with Crippen LogP contribution in [0.2, 0.25) is 0 Å². The quantitative estimate of drug-likeness (QED) is 0.903. The van der Waals surface area contributed by atoms with Crippen LogP contribution in [0, 0.1) is 0 Å². The maximum Gasteiger partial charge on any atom is 0.163 e. The van der Waals surface area contributed by atoms with Crippen LogP contribution in [0.3, 0.4) is 0 Å². The largest absolute Gasteiger partial charge is 0.493 e. The highest BCUT2D eigenvalue weighted by Crippen LogP contribution is 2.30. The molecule has 18 heavy (non-hydrogen) atoms. The third-order valence-corrected chi connectivity index (χ3v) is 2.42. The number of ether oxygens (including phenoxy) is 2. The first-order valence-corrected chi connectivity index (χ1v) is 5.09. The summed E-state index contributed by atoms with van der Waals surface area (Å²) in [4.78, 5) is 7.61. The average molecular weight is 294 g/mol. The highest BCUT2D eigenvalue weighted by Gasteiger charge is 2.09. The first-order valence-electron chi connectivity index (χ1n) is 5.09. The second-order valence-electron chi connectivity index (χ2n) is 3.45. The van der Waals surface area contributed by atoms with E-state index in [-0.39, 0.29) is 24.8 Å². The molecular weight excluding hydrogens is 277 g/mol. The molecule has 0 radical (unpaired) electrons. The lowest BCUT2D eigenvalue weighted by Gasteiger charge is -2.06. The number of nitrogens with one attached hydrogen (secondary N) is 1. The molecule has 2 aromatic rings. The van der Waals surface area contributed by atoms with Gasteiger partial charge in [-0.05, 0) is 6.54 Å². The van der Waals surface area contributed by atoms with E-state index < -0.39 is 0 Å². The molecule has 0 amide bonds. The number of nitrogens with zero attached hydrogens (tertiary/aromatic N) is 1. The van der Waals surface area contributed by atoms with Crippen molar-refractivity contribution >= 4 is 35.8 Å². The van der Waals surface area contributed by atoms with Gasteiger partial charge < -0.3 is 20.2 Å². The van der Waals surface area contributed by atoms with Crippen molar-refractivity contribution in [1.82, 2.24) is 9.97 Å². The number of aromatic amines is 1. The molecule has 0 spiro atoms. The lowest BCUT2D eigenvalue weighted by Crippen LogP contribution is -2.03. The van der Waals surface area contributed by atoms with Crippen LogP contribution in [0.4, 0.5) is 0 Å². The fourth-order valence-electron chi connectivity index (χ4n) is 1.64.